The van der Waals surface area contributed by atoms with Crippen molar-refractivity contribution in [1.29, 1.82) is 0 Å². The van der Waals surface area contributed by atoms with Crippen molar-refractivity contribution in [2.75, 3.05) is 11.9 Å². The number of halogens is 2. The Morgan fingerprint density at radius 2 is 2.05 bits per heavy atom. The first-order valence-electron chi connectivity index (χ1n) is 11.6. The van der Waals surface area contributed by atoms with Crippen LogP contribution in [0, 0.1) is 5.82 Å². The van der Waals surface area contributed by atoms with Gasteiger partial charge in [-0.1, -0.05) is 29.4 Å². The number of aromatic nitrogens is 3. The number of nitrogens with zero attached hydrogens (tertiary/aromatic N) is 3. The number of fused-ring (bicyclic) bond motifs is 1. The molecule has 0 saturated carbocycles. The monoisotopic (exact) mass is 565 g/mol. The Kier molecular flexibility index (Phi) is 8.50. The lowest BCUT2D eigenvalue weighted by Gasteiger charge is -2.12. The first-order valence-corrected chi connectivity index (χ1v) is 13.7. The maximum atomic E-state index is 14.0. The topological polar surface area (TPSA) is 115 Å². The third-order valence-electron chi connectivity index (χ3n) is 5.81. The third kappa shape index (κ3) is 5.81. The summed E-state index contributed by atoms with van der Waals surface area (Å²) in [6, 6.07) is 4.01. The summed E-state index contributed by atoms with van der Waals surface area (Å²) < 4.78 is 20.9. The number of amides is 2. The minimum atomic E-state index is -0.721. The predicted molar refractivity (Wildman–Crippen MR) is 140 cm³/mol. The molecular formula is C24H25ClFN5O4S2. The molecule has 37 heavy (non-hydrogen) atoms. The smallest absolute Gasteiger partial charge is 0.341 e. The van der Waals surface area contributed by atoms with Gasteiger partial charge in [0, 0.05) is 11.9 Å². The summed E-state index contributed by atoms with van der Waals surface area (Å²) in [6.45, 7) is 3.71. The van der Waals surface area contributed by atoms with Crippen molar-refractivity contribution in [2.45, 2.75) is 50.1 Å². The van der Waals surface area contributed by atoms with Crippen LogP contribution in [0.1, 0.15) is 57.2 Å². The van der Waals surface area contributed by atoms with Gasteiger partial charge in [0.15, 0.2) is 11.0 Å². The Morgan fingerprint density at radius 3 is 2.78 bits per heavy atom. The van der Waals surface area contributed by atoms with Crippen molar-refractivity contribution in [3.63, 3.8) is 0 Å². The van der Waals surface area contributed by atoms with E-state index in [0.29, 0.717) is 21.5 Å². The van der Waals surface area contributed by atoms with Gasteiger partial charge < -0.3 is 19.9 Å². The van der Waals surface area contributed by atoms with Crippen LogP contribution in [0.15, 0.2) is 23.4 Å². The van der Waals surface area contributed by atoms with E-state index in [4.69, 9.17) is 16.3 Å². The molecule has 2 amide bonds. The summed E-state index contributed by atoms with van der Waals surface area (Å²) in [5, 5.41) is 14.1. The zero-order chi connectivity index (χ0) is 26.7. The minimum Gasteiger partial charge on any atom is -0.462 e. The molecule has 13 heteroatoms. The van der Waals surface area contributed by atoms with Crippen LogP contribution in [0.2, 0.25) is 5.02 Å². The van der Waals surface area contributed by atoms with E-state index < -0.39 is 22.9 Å². The molecule has 4 rings (SSSR count). The molecule has 3 aromatic rings. The molecule has 1 aliphatic carbocycles. The molecule has 0 bridgehead atoms. The summed E-state index contributed by atoms with van der Waals surface area (Å²) in [4.78, 5) is 39.1. The van der Waals surface area contributed by atoms with Crippen LogP contribution in [-0.2, 0) is 36.0 Å². The number of rotatable bonds is 9. The first-order chi connectivity index (χ1) is 17.7. The van der Waals surface area contributed by atoms with Gasteiger partial charge >= 0.3 is 5.97 Å². The molecule has 1 atom stereocenters. The lowest BCUT2D eigenvalue weighted by Crippen LogP contribution is -2.26. The molecule has 1 aliphatic rings. The second kappa shape index (κ2) is 11.6. The number of benzene rings is 1. The van der Waals surface area contributed by atoms with Crippen LogP contribution in [0.4, 0.5) is 9.39 Å². The Bertz CT molecular complexity index is 1340. The first kappa shape index (κ1) is 27.1. The highest BCUT2D eigenvalue weighted by Crippen LogP contribution is 2.40. The van der Waals surface area contributed by atoms with E-state index >= 15 is 0 Å². The molecule has 0 spiro atoms. The number of hydrogen-bond donors (Lipinski definition) is 2. The van der Waals surface area contributed by atoms with Gasteiger partial charge in [-0.2, -0.15) is 0 Å². The average Bonchev–Trinajstić information content (AvgIpc) is 3.53. The van der Waals surface area contributed by atoms with Crippen molar-refractivity contribution in [1.82, 2.24) is 20.1 Å². The molecule has 0 radical (unpaired) electrons. The SMILES string of the molecule is CCOC(=O)c1c(NC(=O)[C@H](C)Sc2nnc(CNC(=O)c3c(F)cccc3Cl)n2C)sc2c1CCC2. The van der Waals surface area contributed by atoms with Gasteiger partial charge in [-0.25, -0.2) is 9.18 Å². The van der Waals surface area contributed by atoms with Gasteiger partial charge in [0.2, 0.25) is 5.91 Å². The molecule has 2 heterocycles. The van der Waals surface area contributed by atoms with Gasteiger partial charge in [0.05, 0.1) is 34.6 Å². The second-order valence-electron chi connectivity index (χ2n) is 8.27. The highest BCUT2D eigenvalue weighted by Gasteiger charge is 2.29. The van der Waals surface area contributed by atoms with Crippen molar-refractivity contribution >= 4 is 57.5 Å². The molecule has 0 saturated heterocycles. The van der Waals surface area contributed by atoms with E-state index in [2.05, 4.69) is 20.8 Å². The zero-order valence-electron chi connectivity index (χ0n) is 20.4. The van der Waals surface area contributed by atoms with E-state index in [1.165, 1.54) is 35.2 Å². The highest BCUT2D eigenvalue weighted by atomic mass is 35.5. The number of carbonyl (C=O) groups is 3. The lowest BCUT2D eigenvalue weighted by molar-refractivity contribution is -0.115. The van der Waals surface area contributed by atoms with E-state index in [0.717, 1.165) is 35.8 Å². The van der Waals surface area contributed by atoms with Gasteiger partial charge in [-0.15, -0.1) is 21.5 Å². The number of nitrogens with one attached hydrogen (secondary N) is 2. The molecule has 1 aromatic carbocycles. The summed E-state index contributed by atoms with van der Waals surface area (Å²) in [7, 11) is 1.70. The third-order valence-corrected chi connectivity index (χ3v) is 8.47. The van der Waals surface area contributed by atoms with Crippen molar-refractivity contribution in [3.8, 4) is 0 Å². The van der Waals surface area contributed by atoms with Crippen LogP contribution in [-0.4, -0.2) is 44.4 Å². The normalized spacial score (nSPS) is 13.2. The molecular weight excluding hydrogens is 541 g/mol. The van der Waals surface area contributed by atoms with Crippen LogP contribution in [0.3, 0.4) is 0 Å². The van der Waals surface area contributed by atoms with Crippen molar-refractivity contribution in [2.24, 2.45) is 7.05 Å². The largest absolute Gasteiger partial charge is 0.462 e. The number of esters is 1. The fourth-order valence-electron chi connectivity index (χ4n) is 3.90. The molecule has 2 aromatic heterocycles. The average molecular weight is 566 g/mol. The predicted octanol–water partition coefficient (Wildman–Crippen LogP) is 4.38. The van der Waals surface area contributed by atoms with Gasteiger partial charge in [-0.05, 0) is 50.8 Å². The summed E-state index contributed by atoms with van der Waals surface area (Å²) in [5.74, 6) is -1.69. The number of thiophene rings is 1. The molecule has 0 fully saturated rings. The summed E-state index contributed by atoms with van der Waals surface area (Å²) >= 11 is 8.55. The maximum Gasteiger partial charge on any atom is 0.341 e. The Morgan fingerprint density at radius 1 is 1.27 bits per heavy atom. The van der Waals surface area contributed by atoms with Gasteiger partial charge in [0.1, 0.15) is 10.8 Å². The van der Waals surface area contributed by atoms with Gasteiger partial charge in [-0.3, -0.25) is 9.59 Å². The van der Waals surface area contributed by atoms with Crippen LogP contribution < -0.4 is 10.6 Å². The van der Waals surface area contributed by atoms with E-state index in [1.54, 1.807) is 25.5 Å². The van der Waals surface area contributed by atoms with Crippen LogP contribution in [0.25, 0.3) is 0 Å². The van der Waals surface area contributed by atoms with Crippen LogP contribution in [0.5, 0.6) is 0 Å². The molecule has 9 nitrogen and oxygen atoms in total. The molecule has 2 N–H and O–H groups in total. The maximum absolute atomic E-state index is 14.0. The molecule has 0 unspecified atom stereocenters. The van der Waals surface area contributed by atoms with E-state index in [-0.39, 0.29) is 29.6 Å². The Hall–Kier alpha value is -2.96. The zero-order valence-corrected chi connectivity index (χ0v) is 22.8. The number of aryl methyl sites for hydroxylation is 1. The molecule has 196 valence electrons. The van der Waals surface area contributed by atoms with Crippen molar-refractivity contribution in [3.05, 3.63) is 56.4 Å². The number of hydrogen-bond acceptors (Lipinski definition) is 8. The number of ether oxygens (including phenoxy) is 1. The number of carbonyl (C=O) groups excluding carboxylic acids is 3. The second-order valence-corrected chi connectivity index (χ2v) is 11.1. The van der Waals surface area contributed by atoms with E-state index in [1.807, 2.05) is 0 Å². The highest BCUT2D eigenvalue weighted by molar-refractivity contribution is 8.00. The lowest BCUT2D eigenvalue weighted by atomic mass is 10.1. The molecule has 0 aliphatic heterocycles. The minimum absolute atomic E-state index is 0.00799. The quantitative estimate of drug-likeness (QED) is 0.292. The summed E-state index contributed by atoms with van der Waals surface area (Å²) in [6.07, 6.45) is 2.66. The Labute approximate surface area is 226 Å². The standard InChI is InChI=1S/C24H25ClFN5O4S2/c1-4-35-23(34)18-13-7-5-10-16(13)37-22(18)28-20(32)12(2)36-24-30-29-17(31(24)3)11-27-21(33)19-14(25)8-6-9-15(19)26/h6,8-9,12H,4-5,7,10-11H2,1-3H3,(H,27,33)(H,28,32)/t12-/m0/s1. The fraction of sp³-hybridized carbons (Fsp3) is 0.375. The summed E-state index contributed by atoms with van der Waals surface area (Å²) in [5.41, 5.74) is 1.18. The van der Waals surface area contributed by atoms with Crippen LogP contribution >= 0.6 is 34.7 Å². The van der Waals surface area contributed by atoms with E-state index in [9.17, 15) is 18.8 Å². The Balaban J connectivity index is 1.40. The van der Waals surface area contributed by atoms with Gasteiger partial charge in [0.25, 0.3) is 5.91 Å². The number of thioether (sulfide) groups is 1. The fourth-order valence-corrected chi connectivity index (χ4v) is 6.26. The van der Waals surface area contributed by atoms with Crippen molar-refractivity contribution < 1.29 is 23.5 Å². The number of anilines is 1.